The van der Waals surface area contributed by atoms with E-state index in [1.54, 1.807) is 31.2 Å². The summed E-state index contributed by atoms with van der Waals surface area (Å²) < 4.78 is 5.19. The monoisotopic (exact) mass is 327 g/mol. The molecule has 1 amide bonds. The average molecular weight is 327 g/mol. The molecule has 124 valence electrons. The third kappa shape index (κ3) is 4.23. The zero-order valence-corrected chi connectivity index (χ0v) is 13.3. The fourth-order valence-electron chi connectivity index (χ4n) is 2.15. The maximum absolute atomic E-state index is 12.1. The van der Waals surface area contributed by atoms with Crippen LogP contribution < -0.4 is 5.43 Å². The summed E-state index contributed by atoms with van der Waals surface area (Å²) in [5.74, 6) is -0.429. The van der Waals surface area contributed by atoms with Crippen LogP contribution in [0.3, 0.4) is 0 Å². The number of ether oxygens (including phenoxy) is 1. The molecule has 7 heteroatoms. The van der Waals surface area contributed by atoms with Crippen LogP contribution in [-0.2, 0) is 9.53 Å². The number of hydrazone groups is 1. The number of methoxy groups -OCH3 is 1. The van der Waals surface area contributed by atoms with Crippen LogP contribution in [-0.4, -0.2) is 24.2 Å². The summed E-state index contributed by atoms with van der Waals surface area (Å²) in [5, 5.41) is 14.8. The number of hydrogen-bond acceptors (Lipinski definition) is 5. The summed E-state index contributed by atoms with van der Waals surface area (Å²) in [4.78, 5) is 22.6. The first-order valence-electron chi connectivity index (χ1n) is 7.18. The highest BCUT2D eigenvalue weighted by molar-refractivity contribution is 5.85. The van der Waals surface area contributed by atoms with Gasteiger partial charge < -0.3 is 4.74 Å². The average Bonchev–Trinajstić information content (AvgIpc) is 2.58. The van der Waals surface area contributed by atoms with Gasteiger partial charge in [0.2, 0.25) is 0 Å². The third-order valence-corrected chi connectivity index (χ3v) is 3.39. The van der Waals surface area contributed by atoms with E-state index in [0.717, 1.165) is 0 Å². The van der Waals surface area contributed by atoms with Crippen molar-refractivity contribution in [2.24, 2.45) is 5.10 Å². The molecule has 0 heterocycles. The molecule has 0 aliphatic rings. The highest BCUT2D eigenvalue weighted by Gasteiger charge is 2.19. The predicted molar refractivity (Wildman–Crippen MR) is 89.8 cm³/mol. The van der Waals surface area contributed by atoms with Crippen molar-refractivity contribution in [2.75, 3.05) is 7.11 Å². The van der Waals surface area contributed by atoms with Gasteiger partial charge in [-0.05, 0) is 12.5 Å². The number of nitro benzene ring substituents is 1. The Morgan fingerprint density at radius 3 is 2.62 bits per heavy atom. The van der Waals surface area contributed by atoms with Crippen molar-refractivity contribution in [1.82, 2.24) is 5.43 Å². The molecule has 0 radical (unpaired) electrons. The molecule has 2 aromatic rings. The Balaban J connectivity index is 2.07. The highest BCUT2D eigenvalue weighted by atomic mass is 16.6. The lowest BCUT2D eigenvalue weighted by atomic mass is 10.1. The normalized spacial score (nSPS) is 12.1. The van der Waals surface area contributed by atoms with Crippen LogP contribution in [0.1, 0.15) is 22.8 Å². The first-order valence-corrected chi connectivity index (χ1v) is 7.18. The van der Waals surface area contributed by atoms with Gasteiger partial charge in [-0.15, -0.1) is 0 Å². The van der Waals surface area contributed by atoms with Crippen LogP contribution in [0.15, 0.2) is 53.6 Å². The third-order valence-electron chi connectivity index (χ3n) is 3.39. The van der Waals surface area contributed by atoms with Crippen molar-refractivity contribution >= 4 is 17.8 Å². The molecule has 0 saturated carbocycles. The molecular weight excluding hydrogens is 310 g/mol. The van der Waals surface area contributed by atoms with E-state index in [4.69, 9.17) is 4.74 Å². The van der Waals surface area contributed by atoms with Crippen LogP contribution in [0.4, 0.5) is 5.69 Å². The van der Waals surface area contributed by atoms with Gasteiger partial charge in [-0.2, -0.15) is 5.10 Å². The minimum Gasteiger partial charge on any atom is -0.367 e. The van der Waals surface area contributed by atoms with E-state index in [1.165, 1.54) is 19.4 Å². The van der Waals surface area contributed by atoms with E-state index in [1.807, 2.05) is 18.2 Å². The van der Waals surface area contributed by atoms with Gasteiger partial charge in [-0.1, -0.05) is 42.5 Å². The number of carbonyl (C=O) groups is 1. The summed E-state index contributed by atoms with van der Waals surface area (Å²) in [6.45, 7) is 1.66. The Bertz CT molecular complexity index is 760. The van der Waals surface area contributed by atoms with Crippen LogP contribution in [0.25, 0.3) is 0 Å². The van der Waals surface area contributed by atoms with E-state index in [-0.39, 0.29) is 5.69 Å². The van der Waals surface area contributed by atoms with Crippen molar-refractivity contribution in [3.8, 4) is 0 Å². The second-order valence-electron chi connectivity index (χ2n) is 5.06. The molecule has 0 fully saturated rings. The fourth-order valence-corrected chi connectivity index (χ4v) is 2.15. The second kappa shape index (κ2) is 7.98. The van der Waals surface area contributed by atoms with E-state index < -0.39 is 16.9 Å². The number of nitrogens with zero attached hydrogens (tertiary/aromatic N) is 2. The predicted octanol–water partition coefficient (Wildman–Crippen LogP) is 2.74. The second-order valence-corrected chi connectivity index (χ2v) is 5.06. The maximum Gasteiger partial charge on any atom is 0.273 e. The molecule has 1 atom stereocenters. The summed E-state index contributed by atoms with van der Waals surface area (Å²) in [7, 11) is 1.43. The van der Waals surface area contributed by atoms with E-state index in [0.29, 0.717) is 16.7 Å². The van der Waals surface area contributed by atoms with Crippen molar-refractivity contribution in [2.45, 2.75) is 13.0 Å². The van der Waals surface area contributed by atoms with Gasteiger partial charge >= 0.3 is 0 Å². The number of amides is 1. The van der Waals surface area contributed by atoms with Gasteiger partial charge in [0.25, 0.3) is 11.6 Å². The molecule has 24 heavy (non-hydrogen) atoms. The Morgan fingerprint density at radius 2 is 2.00 bits per heavy atom. The Morgan fingerprint density at radius 1 is 1.29 bits per heavy atom. The SMILES string of the molecule is CO[C@@H](C(=O)N/N=C\c1ccc(C)c([N+](=O)[O-])c1)c1ccccc1. The quantitative estimate of drug-likeness (QED) is 0.501. The molecule has 0 saturated heterocycles. The highest BCUT2D eigenvalue weighted by Crippen LogP contribution is 2.18. The lowest BCUT2D eigenvalue weighted by Gasteiger charge is -2.13. The molecule has 0 aliphatic carbocycles. The molecule has 1 N–H and O–H groups in total. The first-order chi connectivity index (χ1) is 11.5. The molecule has 2 aromatic carbocycles. The van der Waals surface area contributed by atoms with E-state index >= 15 is 0 Å². The van der Waals surface area contributed by atoms with Gasteiger partial charge in [0.1, 0.15) is 0 Å². The molecule has 0 bridgehead atoms. The minimum atomic E-state index is -0.782. The largest absolute Gasteiger partial charge is 0.367 e. The van der Waals surface area contributed by atoms with Crippen LogP contribution in [0, 0.1) is 17.0 Å². The van der Waals surface area contributed by atoms with Crippen molar-refractivity contribution in [1.29, 1.82) is 0 Å². The van der Waals surface area contributed by atoms with Gasteiger partial charge in [0, 0.05) is 24.3 Å². The molecule has 0 aromatic heterocycles. The topological polar surface area (TPSA) is 93.8 Å². The number of nitro groups is 1. The van der Waals surface area contributed by atoms with Gasteiger partial charge in [0.05, 0.1) is 11.1 Å². The molecule has 2 rings (SSSR count). The van der Waals surface area contributed by atoms with E-state index in [9.17, 15) is 14.9 Å². The van der Waals surface area contributed by atoms with Gasteiger partial charge in [0.15, 0.2) is 6.10 Å². The Hall–Kier alpha value is -3.06. The molecule has 0 spiro atoms. The zero-order chi connectivity index (χ0) is 17.5. The van der Waals surface area contributed by atoms with Crippen molar-refractivity contribution in [3.05, 3.63) is 75.3 Å². The summed E-state index contributed by atoms with van der Waals surface area (Å²) in [6.07, 6.45) is 0.568. The number of aryl methyl sites for hydroxylation is 1. The minimum absolute atomic E-state index is 0.00401. The van der Waals surface area contributed by atoms with E-state index in [2.05, 4.69) is 10.5 Å². The lowest BCUT2D eigenvalue weighted by Crippen LogP contribution is -2.26. The lowest BCUT2D eigenvalue weighted by molar-refractivity contribution is -0.385. The summed E-state index contributed by atoms with van der Waals surface area (Å²) in [5.41, 5.74) is 4.17. The number of carbonyl (C=O) groups excluding carboxylic acids is 1. The Kier molecular flexibility index (Phi) is 5.75. The summed E-state index contributed by atoms with van der Waals surface area (Å²) in [6, 6.07) is 13.7. The van der Waals surface area contributed by atoms with Crippen molar-refractivity contribution in [3.63, 3.8) is 0 Å². The number of nitrogens with one attached hydrogen (secondary N) is 1. The fraction of sp³-hybridized carbons (Fsp3) is 0.176. The first kappa shape index (κ1) is 17.3. The zero-order valence-electron chi connectivity index (χ0n) is 13.3. The van der Waals surface area contributed by atoms with Crippen LogP contribution in [0.5, 0.6) is 0 Å². The molecule has 0 aliphatic heterocycles. The molecule has 7 nitrogen and oxygen atoms in total. The molecular formula is C17H17N3O4. The summed E-state index contributed by atoms with van der Waals surface area (Å²) >= 11 is 0. The van der Waals surface area contributed by atoms with Crippen LogP contribution >= 0.6 is 0 Å². The Labute approximate surface area is 139 Å². The number of hydrogen-bond donors (Lipinski definition) is 1. The number of rotatable bonds is 6. The van der Waals surface area contributed by atoms with Crippen LogP contribution in [0.2, 0.25) is 0 Å². The smallest absolute Gasteiger partial charge is 0.273 e. The number of benzene rings is 2. The maximum atomic E-state index is 12.1. The van der Waals surface area contributed by atoms with Gasteiger partial charge in [-0.3, -0.25) is 14.9 Å². The molecule has 0 unspecified atom stereocenters. The standard InChI is InChI=1S/C17H17N3O4/c1-12-8-9-13(10-15(12)20(22)23)11-18-19-17(21)16(24-2)14-6-4-3-5-7-14/h3-11,16H,1-2H3,(H,19,21)/b18-11-/t16-/m1/s1. The van der Waals surface area contributed by atoms with Crippen molar-refractivity contribution < 1.29 is 14.5 Å². The van der Waals surface area contributed by atoms with Gasteiger partial charge in [-0.25, -0.2) is 5.43 Å².